The topological polar surface area (TPSA) is 56.7 Å². The molecule has 0 amide bonds. The Morgan fingerprint density at radius 2 is 2.13 bits per heavy atom. The number of nitrogen functional groups attached to an aromatic ring is 1. The van der Waals surface area contributed by atoms with Crippen molar-refractivity contribution in [3.8, 4) is 5.82 Å². The third-order valence-corrected chi connectivity index (χ3v) is 2.45. The van der Waals surface area contributed by atoms with Gasteiger partial charge in [-0.05, 0) is 18.6 Å². The minimum absolute atomic E-state index is 0.713. The third-order valence-electron chi connectivity index (χ3n) is 2.45. The molecule has 0 spiro atoms. The van der Waals surface area contributed by atoms with E-state index in [9.17, 15) is 0 Å². The molecule has 2 N–H and O–H groups in total. The predicted molar refractivity (Wildman–Crippen MR) is 59.9 cm³/mol. The van der Waals surface area contributed by atoms with E-state index in [0.717, 1.165) is 23.6 Å². The maximum absolute atomic E-state index is 5.99. The number of nitrogens with two attached hydrogens (primary N) is 1. The summed E-state index contributed by atoms with van der Waals surface area (Å²) in [5.41, 5.74) is 7.74. The van der Waals surface area contributed by atoms with Crippen LogP contribution in [-0.2, 0) is 6.42 Å². The van der Waals surface area contributed by atoms with Gasteiger partial charge in [0.05, 0.1) is 5.69 Å². The van der Waals surface area contributed by atoms with Crippen LogP contribution in [0.15, 0.2) is 24.7 Å². The van der Waals surface area contributed by atoms with Gasteiger partial charge >= 0.3 is 0 Å². The molecule has 0 saturated carbocycles. The van der Waals surface area contributed by atoms with Crippen LogP contribution in [0.1, 0.15) is 18.3 Å². The minimum atomic E-state index is 0.713. The molecule has 0 saturated heterocycles. The number of aryl methyl sites for hydroxylation is 2. The van der Waals surface area contributed by atoms with Crippen LogP contribution in [0.25, 0.3) is 5.82 Å². The van der Waals surface area contributed by atoms with Gasteiger partial charge in [0.15, 0.2) is 5.82 Å². The van der Waals surface area contributed by atoms with Gasteiger partial charge in [-0.3, -0.25) is 4.57 Å². The summed E-state index contributed by atoms with van der Waals surface area (Å²) in [6.07, 6.45) is 6.28. The Hall–Kier alpha value is -1.84. The molecule has 2 aromatic rings. The molecule has 4 heteroatoms. The highest BCUT2D eigenvalue weighted by Crippen LogP contribution is 2.19. The zero-order chi connectivity index (χ0) is 10.8. The number of pyridine rings is 1. The van der Waals surface area contributed by atoms with E-state index in [1.54, 1.807) is 12.4 Å². The number of aromatic nitrogens is 3. The summed E-state index contributed by atoms with van der Waals surface area (Å²) < 4.78 is 1.93. The first-order valence-electron chi connectivity index (χ1n) is 4.97. The third kappa shape index (κ3) is 1.58. The number of hydrogen-bond donors (Lipinski definition) is 1. The highest BCUT2D eigenvalue weighted by molar-refractivity contribution is 5.58. The van der Waals surface area contributed by atoms with Crippen LogP contribution in [-0.4, -0.2) is 14.5 Å². The quantitative estimate of drug-likeness (QED) is 0.806. The van der Waals surface area contributed by atoms with Crippen molar-refractivity contribution in [1.82, 2.24) is 14.5 Å². The van der Waals surface area contributed by atoms with Gasteiger partial charge in [-0.1, -0.05) is 6.92 Å². The van der Waals surface area contributed by atoms with Gasteiger partial charge in [0.2, 0.25) is 0 Å². The average molecular weight is 202 g/mol. The van der Waals surface area contributed by atoms with E-state index in [0.29, 0.717) is 5.69 Å². The lowest BCUT2D eigenvalue weighted by Gasteiger charge is -2.09. The number of hydrogen-bond acceptors (Lipinski definition) is 3. The molecule has 0 unspecified atom stereocenters. The second-order valence-corrected chi connectivity index (χ2v) is 3.43. The number of nitrogens with zero attached hydrogens (tertiary/aromatic N) is 3. The zero-order valence-corrected chi connectivity index (χ0v) is 8.94. The van der Waals surface area contributed by atoms with Crippen molar-refractivity contribution in [3.05, 3.63) is 36.0 Å². The molecule has 0 atom stereocenters. The fourth-order valence-electron chi connectivity index (χ4n) is 1.54. The Kier molecular flexibility index (Phi) is 2.41. The standard InChI is InChI=1S/C11H14N4/c1-3-9-13-6-7-15(9)11-10(12)8(2)4-5-14-11/h4-7H,3,12H2,1-2H3. The van der Waals surface area contributed by atoms with Crippen molar-refractivity contribution in [2.75, 3.05) is 5.73 Å². The van der Waals surface area contributed by atoms with Crippen LogP contribution < -0.4 is 5.73 Å². The molecule has 0 fully saturated rings. The van der Waals surface area contributed by atoms with Crippen molar-refractivity contribution >= 4 is 5.69 Å². The summed E-state index contributed by atoms with van der Waals surface area (Å²) in [7, 11) is 0. The van der Waals surface area contributed by atoms with Gasteiger partial charge in [0, 0.05) is 25.0 Å². The lowest BCUT2D eigenvalue weighted by Crippen LogP contribution is -2.06. The summed E-state index contributed by atoms with van der Waals surface area (Å²) in [4.78, 5) is 8.54. The molecule has 78 valence electrons. The molecule has 0 bridgehead atoms. The zero-order valence-electron chi connectivity index (χ0n) is 8.94. The van der Waals surface area contributed by atoms with Crippen LogP contribution in [0.2, 0.25) is 0 Å². The number of anilines is 1. The molecule has 4 nitrogen and oxygen atoms in total. The summed E-state index contributed by atoms with van der Waals surface area (Å²) in [5.74, 6) is 1.74. The Bertz CT molecular complexity index is 473. The maximum atomic E-state index is 5.99. The molecule has 2 rings (SSSR count). The number of imidazole rings is 1. The average Bonchev–Trinajstić information content (AvgIpc) is 2.70. The largest absolute Gasteiger partial charge is 0.395 e. The monoisotopic (exact) mass is 202 g/mol. The summed E-state index contributed by atoms with van der Waals surface area (Å²) >= 11 is 0. The van der Waals surface area contributed by atoms with Gasteiger partial charge in [-0.2, -0.15) is 0 Å². The Labute approximate surface area is 88.8 Å². The smallest absolute Gasteiger partial charge is 0.161 e. The second-order valence-electron chi connectivity index (χ2n) is 3.43. The molecular formula is C11H14N4. The van der Waals surface area contributed by atoms with E-state index in [4.69, 9.17) is 5.73 Å². The van der Waals surface area contributed by atoms with Crippen molar-refractivity contribution in [2.24, 2.45) is 0 Å². The van der Waals surface area contributed by atoms with Crippen LogP contribution in [0.5, 0.6) is 0 Å². The van der Waals surface area contributed by atoms with E-state index in [-0.39, 0.29) is 0 Å². The van der Waals surface area contributed by atoms with Crippen molar-refractivity contribution in [3.63, 3.8) is 0 Å². The predicted octanol–water partition coefficient (Wildman–Crippen LogP) is 1.72. The Balaban J connectivity index is 2.59. The molecule has 0 aliphatic carbocycles. The van der Waals surface area contributed by atoms with Crippen molar-refractivity contribution in [1.29, 1.82) is 0 Å². The molecule has 2 aromatic heterocycles. The summed E-state index contributed by atoms with van der Waals surface area (Å²) in [6, 6.07) is 1.90. The first kappa shape index (κ1) is 9.71. The Morgan fingerprint density at radius 3 is 2.87 bits per heavy atom. The SMILES string of the molecule is CCc1nccn1-c1nccc(C)c1N. The minimum Gasteiger partial charge on any atom is -0.395 e. The van der Waals surface area contributed by atoms with Crippen LogP contribution in [0.3, 0.4) is 0 Å². The second kappa shape index (κ2) is 3.73. The van der Waals surface area contributed by atoms with Crippen molar-refractivity contribution < 1.29 is 0 Å². The maximum Gasteiger partial charge on any atom is 0.161 e. The molecule has 0 radical (unpaired) electrons. The molecule has 0 aliphatic heterocycles. The number of rotatable bonds is 2. The van der Waals surface area contributed by atoms with Crippen molar-refractivity contribution in [2.45, 2.75) is 20.3 Å². The molecule has 15 heavy (non-hydrogen) atoms. The van der Waals surface area contributed by atoms with Crippen LogP contribution in [0, 0.1) is 6.92 Å². The van der Waals surface area contributed by atoms with E-state index in [1.807, 2.05) is 23.8 Å². The Morgan fingerprint density at radius 1 is 1.33 bits per heavy atom. The normalized spacial score (nSPS) is 10.5. The first-order valence-corrected chi connectivity index (χ1v) is 4.97. The van der Waals surface area contributed by atoms with E-state index in [1.165, 1.54) is 0 Å². The summed E-state index contributed by atoms with van der Waals surface area (Å²) in [5, 5.41) is 0. The highest BCUT2D eigenvalue weighted by atomic mass is 15.1. The van der Waals surface area contributed by atoms with Gasteiger partial charge in [-0.15, -0.1) is 0 Å². The lowest BCUT2D eigenvalue weighted by atomic mass is 10.2. The fourth-order valence-corrected chi connectivity index (χ4v) is 1.54. The lowest BCUT2D eigenvalue weighted by molar-refractivity contribution is 0.868. The van der Waals surface area contributed by atoms with Gasteiger partial charge in [0.1, 0.15) is 5.82 Å². The summed E-state index contributed by atoms with van der Waals surface area (Å²) in [6.45, 7) is 4.04. The van der Waals surface area contributed by atoms with Gasteiger partial charge < -0.3 is 5.73 Å². The molecule has 2 heterocycles. The molecule has 0 aliphatic rings. The molecular weight excluding hydrogens is 188 g/mol. The van der Waals surface area contributed by atoms with E-state index in [2.05, 4.69) is 16.9 Å². The molecule has 0 aromatic carbocycles. The fraction of sp³-hybridized carbons (Fsp3) is 0.273. The van der Waals surface area contributed by atoms with Crippen LogP contribution in [0.4, 0.5) is 5.69 Å². The van der Waals surface area contributed by atoms with E-state index < -0.39 is 0 Å². The van der Waals surface area contributed by atoms with E-state index >= 15 is 0 Å². The van der Waals surface area contributed by atoms with Gasteiger partial charge in [-0.25, -0.2) is 9.97 Å². The van der Waals surface area contributed by atoms with Gasteiger partial charge in [0.25, 0.3) is 0 Å². The first-order chi connectivity index (χ1) is 7.24. The van der Waals surface area contributed by atoms with Crippen LogP contribution >= 0.6 is 0 Å². The highest BCUT2D eigenvalue weighted by Gasteiger charge is 2.08.